The number of methoxy groups -OCH3 is 1. The predicted octanol–water partition coefficient (Wildman–Crippen LogP) is 3.14. The minimum absolute atomic E-state index is 0.119. The summed E-state index contributed by atoms with van der Waals surface area (Å²) in [4.78, 5) is 29.6. The molecule has 0 bridgehead atoms. The molecule has 4 rings (SSSR count). The number of aromatic nitrogens is 3. The van der Waals surface area contributed by atoms with E-state index in [2.05, 4.69) is 15.4 Å². The molecule has 2 heterocycles. The number of aryl methyl sites for hydroxylation is 2. The number of rotatable bonds is 7. The highest BCUT2D eigenvalue weighted by molar-refractivity contribution is 7.19. The van der Waals surface area contributed by atoms with E-state index < -0.39 is 0 Å². The summed E-state index contributed by atoms with van der Waals surface area (Å²) in [6.07, 6.45) is 0. The van der Waals surface area contributed by atoms with Crippen LogP contribution in [0.3, 0.4) is 0 Å². The number of nitrogens with one attached hydrogen (secondary N) is 1. The summed E-state index contributed by atoms with van der Waals surface area (Å²) in [5.41, 5.74) is 3.27. The zero-order valence-electron chi connectivity index (χ0n) is 17.9. The van der Waals surface area contributed by atoms with Crippen molar-refractivity contribution in [2.75, 3.05) is 13.7 Å². The molecule has 4 aromatic rings. The van der Waals surface area contributed by atoms with Crippen molar-refractivity contribution in [3.63, 3.8) is 0 Å². The third kappa shape index (κ3) is 4.78. The van der Waals surface area contributed by atoms with Gasteiger partial charge in [-0.1, -0.05) is 17.4 Å². The molecule has 0 radical (unpaired) electrons. The number of amides is 1. The van der Waals surface area contributed by atoms with Gasteiger partial charge in [0.05, 0.1) is 19.3 Å². The van der Waals surface area contributed by atoms with E-state index >= 15 is 0 Å². The summed E-state index contributed by atoms with van der Waals surface area (Å²) in [7, 11) is 1.60. The van der Waals surface area contributed by atoms with Crippen LogP contribution >= 0.6 is 11.3 Å². The fourth-order valence-corrected chi connectivity index (χ4v) is 3.92. The topological polar surface area (TPSA) is 94.8 Å². The third-order valence-corrected chi connectivity index (χ3v) is 5.91. The monoisotopic (exact) mass is 450 g/mol. The van der Waals surface area contributed by atoms with Crippen LogP contribution in [0.5, 0.6) is 11.5 Å². The van der Waals surface area contributed by atoms with Gasteiger partial charge in [0.2, 0.25) is 4.96 Å². The Bertz CT molecular complexity index is 1330. The van der Waals surface area contributed by atoms with Crippen LogP contribution in [0.25, 0.3) is 15.5 Å². The second-order valence-electron chi connectivity index (χ2n) is 7.23. The first-order chi connectivity index (χ1) is 15.4. The van der Waals surface area contributed by atoms with E-state index in [9.17, 15) is 9.59 Å². The van der Waals surface area contributed by atoms with Gasteiger partial charge in [0.15, 0.2) is 6.61 Å². The van der Waals surface area contributed by atoms with Gasteiger partial charge in [-0.2, -0.15) is 9.61 Å². The van der Waals surface area contributed by atoms with Gasteiger partial charge >= 0.3 is 0 Å². The molecule has 2 aromatic heterocycles. The average molecular weight is 451 g/mol. The van der Waals surface area contributed by atoms with Gasteiger partial charge in [0.1, 0.15) is 16.5 Å². The van der Waals surface area contributed by atoms with Crippen molar-refractivity contribution in [3.8, 4) is 22.1 Å². The van der Waals surface area contributed by atoms with Crippen LogP contribution < -0.4 is 20.3 Å². The molecule has 32 heavy (non-hydrogen) atoms. The van der Waals surface area contributed by atoms with Gasteiger partial charge in [-0.05, 0) is 61.4 Å². The maximum absolute atomic E-state index is 12.5. The normalized spacial score (nSPS) is 10.8. The molecule has 0 saturated carbocycles. The molecule has 0 fully saturated rings. The summed E-state index contributed by atoms with van der Waals surface area (Å²) in [5.74, 6) is 1.08. The Balaban J connectivity index is 1.42. The summed E-state index contributed by atoms with van der Waals surface area (Å²) in [5, 5.41) is 7.76. The Hall–Kier alpha value is -3.72. The van der Waals surface area contributed by atoms with E-state index in [1.54, 1.807) is 7.11 Å². The summed E-state index contributed by atoms with van der Waals surface area (Å²) >= 11 is 1.30. The van der Waals surface area contributed by atoms with Crippen molar-refractivity contribution in [1.29, 1.82) is 0 Å². The number of hydrogen-bond donors (Lipinski definition) is 1. The molecular weight excluding hydrogens is 428 g/mol. The highest BCUT2D eigenvalue weighted by Crippen LogP contribution is 2.26. The lowest BCUT2D eigenvalue weighted by Crippen LogP contribution is -2.29. The molecule has 164 valence electrons. The highest BCUT2D eigenvalue weighted by atomic mass is 32.1. The summed E-state index contributed by atoms with van der Waals surface area (Å²) < 4.78 is 12.0. The molecule has 2 aromatic carbocycles. The van der Waals surface area contributed by atoms with Crippen LogP contribution in [0, 0.1) is 13.8 Å². The van der Waals surface area contributed by atoms with E-state index in [0.29, 0.717) is 21.4 Å². The summed E-state index contributed by atoms with van der Waals surface area (Å²) in [6, 6.07) is 14.5. The van der Waals surface area contributed by atoms with Crippen molar-refractivity contribution < 1.29 is 14.3 Å². The van der Waals surface area contributed by atoms with Crippen LogP contribution in [0.1, 0.15) is 16.8 Å². The molecule has 8 nitrogen and oxygen atoms in total. The van der Waals surface area contributed by atoms with Gasteiger partial charge < -0.3 is 14.8 Å². The van der Waals surface area contributed by atoms with Crippen LogP contribution in [-0.2, 0) is 11.3 Å². The van der Waals surface area contributed by atoms with Gasteiger partial charge in [-0.3, -0.25) is 9.59 Å². The fourth-order valence-electron chi connectivity index (χ4n) is 2.99. The molecule has 1 amide bonds. The standard InChI is InChI=1S/C23H22N4O4S/c1-14-4-7-19(10-15(14)2)31-13-20(28)24-12-17-11-21(29)27-23(25-17)32-22(26-27)16-5-8-18(30-3)9-6-16/h4-11H,12-13H2,1-3H3,(H,24,28). The maximum atomic E-state index is 12.5. The molecule has 0 atom stereocenters. The molecule has 0 saturated heterocycles. The SMILES string of the molecule is COc1ccc(-c2nn3c(=O)cc(CNC(=O)COc4ccc(C)c(C)c4)nc3s2)cc1. The first-order valence-corrected chi connectivity index (χ1v) is 10.8. The Morgan fingerprint density at radius 3 is 2.53 bits per heavy atom. The van der Waals surface area contributed by atoms with E-state index in [4.69, 9.17) is 9.47 Å². The Morgan fingerprint density at radius 1 is 1.06 bits per heavy atom. The first-order valence-electron chi connectivity index (χ1n) is 9.94. The summed E-state index contributed by atoms with van der Waals surface area (Å²) in [6.45, 7) is 4.01. The van der Waals surface area contributed by atoms with Crippen LogP contribution in [0.15, 0.2) is 53.3 Å². The number of ether oxygens (including phenoxy) is 2. The zero-order valence-corrected chi connectivity index (χ0v) is 18.7. The van der Waals surface area contributed by atoms with Gasteiger partial charge in [0.25, 0.3) is 11.5 Å². The maximum Gasteiger partial charge on any atom is 0.275 e. The van der Waals surface area contributed by atoms with Crippen molar-refractivity contribution in [3.05, 3.63) is 75.7 Å². The lowest BCUT2D eigenvalue weighted by molar-refractivity contribution is -0.123. The number of benzene rings is 2. The third-order valence-electron chi connectivity index (χ3n) is 4.95. The van der Waals surface area contributed by atoms with Crippen LogP contribution in [-0.4, -0.2) is 34.2 Å². The lowest BCUT2D eigenvalue weighted by Gasteiger charge is -2.09. The molecule has 0 aliphatic carbocycles. The van der Waals surface area contributed by atoms with Crippen LogP contribution in [0.4, 0.5) is 0 Å². The highest BCUT2D eigenvalue weighted by Gasteiger charge is 2.12. The second kappa shape index (κ2) is 9.19. The number of carbonyl (C=O) groups is 1. The van der Waals surface area contributed by atoms with E-state index in [0.717, 1.165) is 22.4 Å². The molecule has 0 unspecified atom stereocenters. The second-order valence-corrected chi connectivity index (χ2v) is 8.18. The molecule has 9 heteroatoms. The molecule has 0 aliphatic heterocycles. The van der Waals surface area contributed by atoms with Crippen molar-refractivity contribution in [2.45, 2.75) is 20.4 Å². The van der Waals surface area contributed by atoms with Gasteiger partial charge in [0, 0.05) is 11.6 Å². The van der Waals surface area contributed by atoms with Gasteiger partial charge in [-0.25, -0.2) is 4.98 Å². The first kappa shape index (κ1) is 21.5. The molecule has 1 N–H and O–H groups in total. The van der Waals surface area contributed by atoms with E-state index in [1.807, 2.05) is 56.3 Å². The van der Waals surface area contributed by atoms with Gasteiger partial charge in [-0.15, -0.1) is 0 Å². The Kier molecular flexibility index (Phi) is 6.18. The Morgan fingerprint density at radius 2 is 1.81 bits per heavy atom. The fraction of sp³-hybridized carbons (Fsp3) is 0.217. The number of fused-ring (bicyclic) bond motifs is 1. The lowest BCUT2D eigenvalue weighted by atomic mass is 10.1. The van der Waals surface area contributed by atoms with Crippen molar-refractivity contribution >= 4 is 22.2 Å². The molecular formula is C23H22N4O4S. The predicted molar refractivity (Wildman–Crippen MR) is 122 cm³/mol. The van der Waals surface area contributed by atoms with Crippen molar-refractivity contribution in [2.24, 2.45) is 0 Å². The quantitative estimate of drug-likeness (QED) is 0.465. The number of hydrogen-bond acceptors (Lipinski definition) is 7. The van der Waals surface area contributed by atoms with Crippen molar-refractivity contribution in [1.82, 2.24) is 19.9 Å². The molecule has 0 aliphatic rings. The van der Waals surface area contributed by atoms with Crippen LogP contribution in [0.2, 0.25) is 0 Å². The number of carbonyl (C=O) groups excluding carboxylic acids is 1. The van der Waals surface area contributed by atoms with E-state index in [-0.39, 0.29) is 24.6 Å². The largest absolute Gasteiger partial charge is 0.497 e. The zero-order chi connectivity index (χ0) is 22.7. The van der Waals surface area contributed by atoms with E-state index in [1.165, 1.54) is 21.9 Å². The smallest absolute Gasteiger partial charge is 0.275 e. The minimum atomic E-state index is -0.304. The number of nitrogens with zero attached hydrogens (tertiary/aromatic N) is 3. The molecule has 0 spiro atoms. The Labute approximate surface area is 188 Å². The average Bonchev–Trinajstić information content (AvgIpc) is 3.23. The minimum Gasteiger partial charge on any atom is -0.497 e.